The quantitative estimate of drug-likeness (QED) is 0.737. The van der Waals surface area contributed by atoms with Gasteiger partial charge in [-0.05, 0) is 11.4 Å². The number of aryl methyl sites for hydroxylation is 1. The summed E-state index contributed by atoms with van der Waals surface area (Å²) in [6, 6.07) is 2.06. The van der Waals surface area contributed by atoms with Crippen LogP contribution in [0.25, 0.3) is 10.2 Å². The van der Waals surface area contributed by atoms with E-state index in [0.717, 1.165) is 49.9 Å². The molecule has 1 aliphatic heterocycles. The van der Waals surface area contributed by atoms with Crippen molar-refractivity contribution in [3.63, 3.8) is 0 Å². The van der Waals surface area contributed by atoms with Crippen molar-refractivity contribution in [1.29, 1.82) is 0 Å². The van der Waals surface area contributed by atoms with Gasteiger partial charge in [0.05, 0.1) is 16.8 Å². The van der Waals surface area contributed by atoms with Crippen LogP contribution in [0.15, 0.2) is 30.2 Å². The molecule has 0 atom stereocenters. The van der Waals surface area contributed by atoms with E-state index in [1.807, 2.05) is 19.4 Å². The van der Waals surface area contributed by atoms with E-state index in [0.29, 0.717) is 0 Å². The number of hydrogen-bond donors (Lipinski definition) is 0. The number of imidazole rings is 1. The van der Waals surface area contributed by atoms with Gasteiger partial charge in [-0.3, -0.25) is 4.90 Å². The van der Waals surface area contributed by atoms with Crippen molar-refractivity contribution in [2.45, 2.75) is 6.54 Å². The molecule has 0 unspecified atom stereocenters. The van der Waals surface area contributed by atoms with Gasteiger partial charge in [-0.2, -0.15) is 0 Å². The fourth-order valence-corrected chi connectivity index (χ4v) is 3.73. The van der Waals surface area contributed by atoms with E-state index in [4.69, 9.17) is 0 Å². The van der Waals surface area contributed by atoms with Crippen molar-refractivity contribution in [2.75, 3.05) is 31.1 Å². The van der Waals surface area contributed by atoms with Crippen LogP contribution in [0.3, 0.4) is 0 Å². The number of nitrogens with zero attached hydrogens (tertiary/aromatic N) is 6. The van der Waals surface area contributed by atoms with E-state index in [9.17, 15) is 0 Å². The Morgan fingerprint density at radius 3 is 2.77 bits per heavy atom. The maximum absolute atomic E-state index is 4.51. The standard InChI is InChI=1S/C15H18N6S/c1-19-4-3-16-13(19)10-20-5-7-21(8-6-20)15-14-12(2-9-22-14)17-11-18-15/h2-4,9,11H,5-8,10H2,1H3. The highest BCUT2D eigenvalue weighted by molar-refractivity contribution is 7.17. The molecule has 0 amide bonds. The molecule has 4 heterocycles. The molecule has 0 aliphatic carbocycles. The second kappa shape index (κ2) is 5.66. The first-order valence-electron chi connectivity index (χ1n) is 7.43. The smallest absolute Gasteiger partial charge is 0.150 e. The Bertz CT molecular complexity index is 771. The number of hydrogen-bond acceptors (Lipinski definition) is 6. The molecule has 0 aromatic carbocycles. The van der Waals surface area contributed by atoms with E-state index in [2.05, 4.69) is 40.8 Å². The lowest BCUT2D eigenvalue weighted by atomic mass is 10.3. The maximum Gasteiger partial charge on any atom is 0.150 e. The lowest BCUT2D eigenvalue weighted by Gasteiger charge is -2.35. The third-order valence-electron chi connectivity index (χ3n) is 4.18. The van der Waals surface area contributed by atoms with Crippen LogP contribution in [-0.2, 0) is 13.6 Å². The summed E-state index contributed by atoms with van der Waals surface area (Å²) < 4.78 is 3.28. The average molecular weight is 314 g/mol. The van der Waals surface area contributed by atoms with Gasteiger partial charge in [-0.1, -0.05) is 0 Å². The van der Waals surface area contributed by atoms with Gasteiger partial charge in [0.15, 0.2) is 0 Å². The van der Waals surface area contributed by atoms with E-state index in [-0.39, 0.29) is 0 Å². The first kappa shape index (κ1) is 13.7. The molecular formula is C15H18N6S. The Balaban J connectivity index is 1.46. The van der Waals surface area contributed by atoms with E-state index in [1.54, 1.807) is 17.7 Å². The topological polar surface area (TPSA) is 50.1 Å². The van der Waals surface area contributed by atoms with Gasteiger partial charge in [-0.25, -0.2) is 15.0 Å². The lowest BCUT2D eigenvalue weighted by Crippen LogP contribution is -2.46. The highest BCUT2D eigenvalue weighted by atomic mass is 32.1. The van der Waals surface area contributed by atoms with Crippen molar-refractivity contribution in [3.05, 3.63) is 36.0 Å². The van der Waals surface area contributed by atoms with Crippen molar-refractivity contribution in [2.24, 2.45) is 7.05 Å². The van der Waals surface area contributed by atoms with Crippen LogP contribution in [0.2, 0.25) is 0 Å². The van der Waals surface area contributed by atoms with Crippen molar-refractivity contribution in [1.82, 2.24) is 24.4 Å². The molecule has 0 N–H and O–H groups in total. The van der Waals surface area contributed by atoms with Gasteiger partial charge in [0, 0.05) is 45.6 Å². The Morgan fingerprint density at radius 2 is 2.00 bits per heavy atom. The molecule has 1 fully saturated rings. The van der Waals surface area contributed by atoms with Crippen LogP contribution in [0.4, 0.5) is 5.82 Å². The van der Waals surface area contributed by atoms with Gasteiger partial charge in [0.1, 0.15) is 18.0 Å². The summed E-state index contributed by atoms with van der Waals surface area (Å²) in [6.45, 7) is 4.96. The zero-order chi connectivity index (χ0) is 14.9. The summed E-state index contributed by atoms with van der Waals surface area (Å²) in [5, 5.41) is 2.08. The Hall–Kier alpha value is -1.99. The Labute approximate surface area is 133 Å². The number of rotatable bonds is 3. The second-order valence-electron chi connectivity index (χ2n) is 5.55. The molecule has 114 valence electrons. The van der Waals surface area contributed by atoms with Crippen LogP contribution in [0, 0.1) is 0 Å². The predicted molar refractivity (Wildman–Crippen MR) is 88.1 cm³/mol. The van der Waals surface area contributed by atoms with E-state index < -0.39 is 0 Å². The van der Waals surface area contributed by atoms with Crippen molar-refractivity contribution < 1.29 is 0 Å². The van der Waals surface area contributed by atoms with Crippen LogP contribution in [0.5, 0.6) is 0 Å². The zero-order valence-corrected chi connectivity index (χ0v) is 13.3. The monoisotopic (exact) mass is 314 g/mol. The van der Waals surface area contributed by atoms with Crippen LogP contribution in [-0.4, -0.2) is 50.6 Å². The molecule has 4 rings (SSSR count). The van der Waals surface area contributed by atoms with E-state index >= 15 is 0 Å². The summed E-state index contributed by atoms with van der Waals surface area (Å²) >= 11 is 1.72. The number of aromatic nitrogens is 4. The fourth-order valence-electron chi connectivity index (χ4n) is 2.87. The number of fused-ring (bicyclic) bond motifs is 1. The molecule has 0 spiro atoms. The minimum Gasteiger partial charge on any atom is -0.353 e. The summed E-state index contributed by atoms with van der Waals surface area (Å²) in [7, 11) is 2.05. The lowest BCUT2D eigenvalue weighted by molar-refractivity contribution is 0.241. The molecule has 6 nitrogen and oxygen atoms in total. The number of anilines is 1. The average Bonchev–Trinajstić information content (AvgIpc) is 3.17. The molecule has 0 bridgehead atoms. The molecule has 3 aromatic heterocycles. The van der Waals surface area contributed by atoms with Gasteiger partial charge in [0.25, 0.3) is 0 Å². The summed E-state index contributed by atoms with van der Waals surface area (Å²) in [5.41, 5.74) is 1.05. The fraction of sp³-hybridized carbons (Fsp3) is 0.400. The SMILES string of the molecule is Cn1ccnc1CN1CCN(c2ncnc3ccsc23)CC1. The first-order chi connectivity index (χ1) is 10.8. The predicted octanol–water partition coefficient (Wildman–Crippen LogP) is 1.75. The van der Waals surface area contributed by atoms with Crippen molar-refractivity contribution in [3.8, 4) is 0 Å². The normalized spacial score (nSPS) is 16.5. The molecule has 1 saturated heterocycles. The molecule has 0 radical (unpaired) electrons. The van der Waals surface area contributed by atoms with Crippen LogP contribution in [0.1, 0.15) is 5.82 Å². The highest BCUT2D eigenvalue weighted by Gasteiger charge is 2.21. The van der Waals surface area contributed by atoms with Crippen LogP contribution >= 0.6 is 11.3 Å². The first-order valence-corrected chi connectivity index (χ1v) is 8.31. The molecule has 7 heteroatoms. The Morgan fingerprint density at radius 1 is 1.14 bits per heavy atom. The third kappa shape index (κ3) is 2.46. The molecule has 3 aromatic rings. The van der Waals surface area contributed by atoms with Gasteiger partial charge < -0.3 is 9.47 Å². The number of piperazine rings is 1. The molecule has 1 aliphatic rings. The summed E-state index contributed by atoms with van der Waals surface area (Å²) in [6.07, 6.45) is 5.53. The largest absolute Gasteiger partial charge is 0.353 e. The third-order valence-corrected chi connectivity index (χ3v) is 5.08. The minimum absolute atomic E-state index is 0.912. The van der Waals surface area contributed by atoms with E-state index in [1.165, 1.54) is 4.70 Å². The van der Waals surface area contributed by atoms with Gasteiger partial charge in [0.2, 0.25) is 0 Å². The second-order valence-corrected chi connectivity index (χ2v) is 6.47. The zero-order valence-electron chi connectivity index (χ0n) is 12.5. The summed E-state index contributed by atoms with van der Waals surface area (Å²) in [5.74, 6) is 2.20. The van der Waals surface area contributed by atoms with Gasteiger partial charge >= 0.3 is 0 Å². The molecule has 0 saturated carbocycles. The summed E-state index contributed by atoms with van der Waals surface area (Å²) in [4.78, 5) is 18.1. The number of thiophene rings is 1. The highest BCUT2D eigenvalue weighted by Crippen LogP contribution is 2.28. The van der Waals surface area contributed by atoms with Crippen molar-refractivity contribution >= 4 is 27.4 Å². The molecular weight excluding hydrogens is 296 g/mol. The van der Waals surface area contributed by atoms with Gasteiger partial charge in [-0.15, -0.1) is 11.3 Å². The maximum atomic E-state index is 4.51. The molecule has 22 heavy (non-hydrogen) atoms. The Kier molecular flexibility index (Phi) is 3.51. The van der Waals surface area contributed by atoms with Crippen LogP contribution < -0.4 is 4.90 Å². The minimum atomic E-state index is 0.912.